The summed E-state index contributed by atoms with van der Waals surface area (Å²) in [5.74, 6) is -1.37. The molecule has 0 bridgehead atoms. The first kappa shape index (κ1) is 15.7. The van der Waals surface area contributed by atoms with Gasteiger partial charge in [0, 0.05) is 6.54 Å². The van der Waals surface area contributed by atoms with Crippen molar-refractivity contribution >= 4 is 12.0 Å². The summed E-state index contributed by atoms with van der Waals surface area (Å²) in [5, 5.41) is 13.4. The Labute approximate surface area is 115 Å². The standard InChI is InChI=1S/C13H17FN2O4/c1-8(16-13(19)15-6-5-12(17)18)9-3-4-11(20-2)10(14)7-9/h3-4,7-8H,5-6H2,1-2H3,(H,17,18)(H2,15,16,19). The molecule has 0 heterocycles. The van der Waals surface area contributed by atoms with Crippen LogP contribution >= 0.6 is 0 Å². The van der Waals surface area contributed by atoms with E-state index in [1.54, 1.807) is 13.0 Å². The molecule has 2 amide bonds. The zero-order chi connectivity index (χ0) is 15.1. The molecule has 0 saturated carbocycles. The van der Waals surface area contributed by atoms with Crippen LogP contribution < -0.4 is 15.4 Å². The number of carboxylic acid groups (broad SMARTS) is 1. The Bertz CT molecular complexity index is 493. The molecule has 1 atom stereocenters. The van der Waals surface area contributed by atoms with Crippen molar-refractivity contribution in [3.8, 4) is 5.75 Å². The third kappa shape index (κ3) is 4.75. The molecule has 0 aliphatic carbocycles. The third-order valence-corrected chi connectivity index (χ3v) is 2.65. The van der Waals surface area contributed by atoms with Crippen molar-refractivity contribution in [3.05, 3.63) is 29.6 Å². The zero-order valence-electron chi connectivity index (χ0n) is 11.3. The van der Waals surface area contributed by atoms with Gasteiger partial charge in [-0.3, -0.25) is 4.79 Å². The molecule has 0 saturated heterocycles. The number of carbonyl (C=O) groups is 2. The van der Waals surface area contributed by atoms with Crippen molar-refractivity contribution in [3.63, 3.8) is 0 Å². The second-order valence-electron chi connectivity index (χ2n) is 4.16. The molecular formula is C13H17FN2O4. The number of nitrogens with one attached hydrogen (secondary N) is 2. The molecule has 1 rings (SSSR count). The second kappa shape index (κ2) is 7.32. The maximum absolute atomic E-state index is 13.5. The summed E-state index contributed by atoms with van der Waals surface area (Å²) in [6, 6.07) is 3.48. The minimum absolute atomic E-state index is 0.0326. The number of carboxylic acids is 1. The van der Waals surface area contributed by atoms with E-state index in [4.69, 9.17) is 9.84 Å². The summed E-state index contributed by atoms with van der Waals surface area (Å²) < 4.78 is 18.3. The van der Waals surface area contributed by atoms with Crippen LogP contribution in [0.5, 0.6) is 5.75 Å². The lowest BCUT2D eigenvalue weighted by Gasteiger charge is -2.15. The van der Waals surface area contributed by atoms with E-state index in [0.29, 0.717) is 5.56 Å². The summed E-state index contributed by atoms with van der Waals surface area (Å²) >= 11 is 0. The van der Waals surface area contributed by atoms with E-state index in [1.807, 2.05) is 0 Å². The van der Waals surface area contributed by atoms with E-state index in [-0.39, 0.29) is 18.7 Å². The Hall–Kier alpha value is -2.31. The van der Waals surface area contributed by atoms with Crippen LogP contribution in [-0.4, -0.2) is 30.8 Å². The molecule has 1 aromatic carbocycles. The van der Waals surface area contributed by atoms with Crippen molar-refractivity contribution in [2.45, 2.75) is 19.4 Å². The van der Waals surface area contributed by atoms with Gasteiger partial charge in [-0.15, -0.1) is 0 Å². The summed E-state index contributed by atoms with van der Waals surface area (Å²) in [6.45, 7) is 1.73. The van der Waals surface area contributed by atoms with Crippen LogP contribution in [-0.2, 0) is 4.79 Å². The summed E-state index contributed by atoms with van der Waals surface area (Å²) in [6.07, 6.45) is -0.154. The van der Waals surface area contributed by atoms with E-state index in [2.05, 4.69) is 10.6 Å². The highest BCUT2D eigenvalue weighted by atomic mass is 19.1. The van der Waals surface area contributed by atoms with Crippen LogP contribution in [0.2, 0.25) is 0 Å². The average molecular weight is 284 g/mol. The smallest absolute Gasteiger partial charge is 0.315 e. The molecule has 0 aliphatic rings. The van der Waals surface area contributed by atoms with E-state index >= 15 is 0 Å². The summed E-state index contributed by atoms with van der Waals surface area (Å²) in [5.41, 5.74) is 0.580. The molecule has 0 aliphatic heterocycles. The molecule has 20 heavy (non-hydrogen) atoms. The van der Waals surface area contributed by atoms with Crippen LogP contribution in [0.1, 0.15) is 24.9 Å². The van der Waals surface area contributed by atoms with Gasteiger partial charge in [-0.25, -0.2) is 9.18 Å². The number of halogens is 1. The number of aliphatic carboxylic acids is 1. The molecular weight excluding hydrogens is 267 g/mol. The molecule has 0 spiro atoms. The predicted molar refractivity (Wildman–Crippen MR) is 70.2 cm³/mol. The van der Waals surface area contributed by atoms with E-state index < -0.39 is 23.9 Å². The Kier molecular flexibility index (Phi) is 5.76. The van der Waals surface area contributed by atoms with Gasteiger partial charge in [0.2, 0.25) is 0 Å². The van der Waals surface area contributed by atoms with Crippen molar-refractivity contribution in [1.29, 1.82) is 0 Å². The number of benzene rings is 1. The number of urea groups is 1. The van der Waals surface area contributed by atoms with Gasteiger partial charge in [0.05, 0.1) is 19.6 Å². The second-order valence-corrected chi connectivity index (χ2v) is 4.16. The number of amides is 2. The van der Waals surface area contributed by atoms with Crippen molar-refractivity contribution < 1.29 is 23.8 Å². The van der Waals surface area contributed by atoms with E-state index in [0.717, 1.165) is 0 Å². The minimum Gasteiger partial charge on any atom is -0.494 e. The van der Waals surface area contributed by atoms with Crippen molar-refractivity contribution in [2.75, 3.05) is 13.7 Å². The topological polar surface area (TPSA) is 87.7 Å². The van der Waals surface area contributed by atoms with Gasteiger partial charge in [0.25, 0.3) is 0 Å². The number of methoxy groups -OCH3 is 1. The predicted octanol–water partition coefficient (Wildman–Crippen LogP) is 1.67. The molecule has 1 aromatic rings. The molecule has 3 N–H and O–H groups in total. The first-order chi connectivity index (χ1) is 9.43. The number of rotatable bonds is 6. The lowest BCUT2D eigenvalue weighted by Crippen LogP contribution is -2.38. The van der Waals surface area contributed by atoms with Gasteiger partial charge >= 0.3 is 12.0 Å². The largest absolute Gasteiger partial charge is 0.494 e. The molecule has 110 valence electrons. The Morgan fingerprint density at radius 1 is 1.45 bits per heavy atom. The van der Waals surface area contributed by atoms with Gasteiger partial charge in [-0.05, 0) is 24.6 Å². The third-order valence-electron chi connectivity index (χ3n) is 2.65. The highest BCUT2D eigenvalue weighted by molar-refractivity contribution is 5.75. The Morgan fingerprint density at radius 3 is 2.70 bits per heavy atom. The Morgan fingerprint density at radius 2 is 2.15 bits per heavy atom. The summed E-state index contributed by atoms with van der Waals surface area (Å²) in [7, 11) is 1.37. The molecule has 0 fully saturated rings. The van der Waals surface area contributed by atoms with Gasteiger partial charge < -0.3 is 20.5 Å². The van der Waals surface area contributed by atoms with Crippen LogP contribution in [0.3, 0.4) is 0 Å². The molecule has 0 radical (unpaired) electrons. The number of hydrogen-bond donors (Lipinski definition) is 3. The number of carbonyl (C=O) groups excluding carboxylic acids is 1. The fraction of sp³-hybridized carbons (Fsp3) is 0.385. The lowest BCUT2D eigenvalue weighted by molar-refractivity contribution is -0.136. The first-order valence-corrected chi connectivity index (χ1v) is 6.03. The van der Waals surface area contributed by atoms with Gasteiger partial charge in [0.1, 0.15) is 0 Å². The molecule has 0 aromatic heterocycles. The van der Waals surface area contributed by atoms with Gasteiger partial charge in [-0.2, -0.15) is 0 Å². The molecule has 7 heteroatoms. The quantitative estimate of drug-likeness (QED) is 0.741. The number of ether oxygens (including phenoxy) is 1. The van der Waals surface area contributed by atoms with Gasteiger partial charge in [0.15, 0.2) is 11.6 Å². The van der Waals surface area contributed by atoms with E-state index in [1.165, 1.54) is 19.2 Å². The lowest BCUT2D eigenvalue weighted by atomic mass is 10.1. The number of hydrogen-bond acceptors (Lipinski definition) is 3. The molecule has 6 nitrogen and oxygen atoms in total. The minimum atomic E-state index is -0.990. The highest BCUT2D eigenvalue weighted by Crippen LogP contribution is 2.21. The van der Waals surface area contributed by atoms with Crippen LogP contribution in [0.4, 0.5) is 9.18 Å². The van der Waals surface area contributed by atoms with Crippen molar-refractivity contribution in [1.82, 2.24) is 10.6 Å². The van der Waals surface area contributed by atoms with Crippen LogP contribution in [0.15, 0.2) is 18.2 Å². The molecule has 1 unspecified atom stereocenters. The summed E-state index contributed by atoms with van der Waals surface area (Å²) in [4.78, 5) is 21.8. The first-order valence-electron chi connectivity index (χ1n) is 6.03. The highest BCUT2D eigenvalue weighted by Gasteiger charge is 2.12. The fourth-order valence-electron chi connectivity index (χ4n) is 1.57. The maximum Gasteiger partial charge on any atom is 0.315 e. The SMILES string of the molecule is COc1ccc(C(C)NC(=O)NCCC(=O)O)cc1F. The van der Waals surface area contributed by atoms with E-state index in [9.17, 15) is 14.0 Å². The monoisotopic (exact) mass is 284 g/mol. The van der Waals surface area contributed by atoms with Crippen LogP contribution in [0, 0.1) is 5.82 Å². The zero-order valence-corrected chi connectivity index (χ0v) is 11.3. The average Bonchev–Trinajstić information content (AvgIpc) is 2.38. The van der Waals surface area contributed by atoms with Crippen molar-refractivity contribution in [2.24, 2.45) is 0 Å². The maximum atomic E-state index is 13.5. The van der Waals surface area contributed by atoms with Crippen LogP contribution in [0.25, 0.3) is 0 Å². The normalized spacial score (nSPS) is 11.6. The van der Waals surface area contributed by atoms with Gasteiger partial charge in [-0.1, -0.05) is 6.07 Å². The fourth-order valence-corrected chi connectivity index (χ4v) is 1.57. The Balaban J connectivity index is 2.53.